The molecule has 142 valence electrons. The normalized spacial score (nSPS) is 11.2. The summed E-state index contributed by atoms with van der Waals surface area (Å²) in [6.07, 6.45) is 0. The van der Waals surface area contributed by atoms with Crippen LogP contribution in [0.5, 0.6) is 0 Å². The molecular formula is C22H28N2NiO. The van der Waals surface area contributed by atoms with Crippen LogP contribution in [0.2, 0.25) is 0 Å². The fraction of sp³-hybridized carbons (Fsp3) is 0.318. The number of benzene rings is 2. The maximum absolute atomic E-state index is 12.8. The summed E-state index contributed by atoms with van der Waals surface area (Å²) in [7, 11) is 0. The first-order valence-corrected chi connectivity index (χ1v) is 8.16. The maximum atomic E-state index is 12.8. The van der Waals surface area contributed by atoms with Crippen molar-refractivity contribution in [1.29, 1.82) is 0 Å². The first-order valence-electron chi connectivity index (χ1n) is 8.16. The van der Waals surface area contributed by atoms with Gasteiger partial charge in [0.25, 0.3) is 0 Å². The molecule has 0 unspecified atom stereocenters. The fourth-order valence-corrected chi connectivity index (χ4v) is 2.65. The van der Waals surface area contributed by atoms with Crippen molar-refractivity contribution < 1.29 is 21.3 Å². The van der Waals surface area contributed by atoms with E-state index in [4.69, 9.17) is 4.99 Å². The van der Waals surface area contributed by atoms with Gasteiger partial charge in [-0.05, 0) is 31.9 Å². The molecule has 2 aromatic rings. The van der Waals surface area contributed by atoms with Gasteiger partial charge >= 0.3 is 16.5 Å². The second-order valence-corrected chi connectivity index (χ2v) is 7.16. The summed E-state index contributed by atoms with van der Waals surface area (Å²) in [6, 6.07) is 13.7. The summed E-state index contributed by atoms with van der Waals surface area (Å²) >= 11 is 0. The Kier molecular flexibility index (Phi) is 8.97. The van der Waals surface area contributed by atoms with Crippen LogP contribution >= 0.6 is 0 Å². The molecule has 0 heterocycles. The molecule has 0 aliphatic rings. The summed E-state index contributed by atoms with van der Waals surface area (Å²) in [5, 5.41) is 4.29. The van der Waals surface area contributed by atoms with Gasteiger partial charge in [0.15, 0.2) is 0 Å². The molecule has 4 heteroatoms. The Hall–Kier alpha value is -1.93. The summed E-state index contributed by atoms with van der Waals surface area (Å²) in [6.45, 7) is 11.8. The van der Waals surface area contributed by atoms with Gasteiger partial charge in [-0.3, -0.25) is 0 Å². The molecule has 0 bridgehead atoms. The van der Waals surface area contributed by atoms with E-state index in [0.717, 1.165) is 22.4 Å². The van der Waals surface area contributed by atoms with Gasteiger partial charge in [-0.1, -0.05) is 68.8 Å². The van der Waals surface area contributed by atoms with Crippen LogP contribution in [-0.4, -0.2) is 17.2 Å². The first-order chi connectivity index (χ1) is 11.2. The number of carbonyl (C=O) groups excluding carboxylic acids is 1. The molecule has 2 rings (SSSR count). The number of aliphatic imine (C=N–C) groups is 1. The van der Waals surface area contributed by atoms with E-state index in [0.29, 0.717) is 5.71 Å². The Morgan fingerprint density at radius 2 is 1.46 bits per heavy atom. The summed E-state index contributed by atoms with van der Waals surface area (Å²) in [4.78, 5) is 17.5. The third-order valence-corrected chi connectivity index (χ3v) is 3.55. The van der Waals surface area contributed by atoms with Crippen molar-refractivity contribution in [3.8, 4) is 0 Å². The number of hydrogen-bond donors (Lipinski definition) is 0. The minimum atomic E-state index is -0.440. The van der Waals surface area contributed by atoms with Gasteiger partial charge in [0.05, 0.1) is 11.4 Å². The topological polar surface area (TPSA) is 43.5 Å². The zero-order chi connectivity index (χ0) is 17.9. The molecule has 0 N–H and O–H groups in total. The maximum Gasteiger partial charge on any atom is 2.00 e. The smallest absolute Gasteiger partial charge is 0.643 e. The van der Waals surface area contributed by atoms with E-state index >= 15 is 0 Å². The molecule has 1 amide bonds. The molecule has 3 nitrogen and oxygen atoms in total. The standard InChI is InChI=1S/C21H26N2O.CH3.Ni/c1-14-12-15(2)18(16(3)13-14)22-19(17-10-8-7-9-11-17)20(24)23-21(4,5)6;;/h7-13H,1-6H3,(H,23,24);1H3;/q;-1;+2/p-1. The van der Waals surface area contributed by atoms with E-state index in [-0.39, 0.29) is 29.8 Å². The van der Waals surface area contributed by atoms with Crippen molar-refractivity contribution >= 4 is 17.3 Å². The fourth-order valence-electron chi connectivity index (χ4n) is 2.65. The zero-order valence-corrected chi connectivity index (χ0v) is 17.6. The van der Waals surface area contributed by atoms with Crippen molar-refractivity contribution in [1.82, 2.24) is 0 Å². The quantitative estimate of drug-likeness (QED) is 0.364. The predicted octanol–water partition coefficient (Wildman–Crippen LogP) is 5.88. The average molecular weight is 395 g/mol. The molecule has 0 radical (unpaired) electrons. The van der Waals surface area contributed by atoms with Crippen molar-refractivity contribution in [3.05, 3.63) is 77.5 Å². The van der Waals surface area contributed by atoms with E-state index in [9.17, 15) is 4.79 Å². The Balaban J connectivity index is 0.00000312. The van der Waals surface area contributed by atoms with Gasteiger partial charge in [0, 0.05) is 5.56 Å². The van der Waals surface area contributed by atoms with E-state index in [2.05, 4.69) is 24.4 Å². The molecule has 0 fully saturated rings. The van der Waals surface area contributed by atoms with Crippen LogP contribution in [-0.2, 0) is 21.3 Å². The van der Waals surface area contributed by atoms with Crippen LogP contribution in [0.1, 0.15) is 43.0 Å². The summed E-state index contributed by atoms with van der Waals surface area (Å²) < 4.78 is 0. The number of rotatable bonds is 3. The Morgan fingerprint density at radius 1 is 0.962 bits per heavy atom. The molecule has 0 saturated heterocycles. The second-order valence-electron chi connectivity index (χ2n) is 7.16. The van der Waals surface area contributed by atoms with Crippen molar-refractivity contribution in [2.45, 2.75) is 47.1 Å². The molecule has 0 atom stereocenters. The summed E-state index contributed by atoms with van der Waals surface area (Å²) in [5.41, 5.74) is 4.89. The Morgan fingerprint density at radius 3 is 1.92 bits per heavy atom. The second kappa shape index (κ2) is 9.68. The number of nitrogens with zero attached hydrogens (tertiary/aromatic N) is 2. The number of hydrogen-bond acceptors (Lipinski definition) is 2. The first kappa shape index (κ1) is 24.1. The van der Waals surface area contributed by atoms with Gasteiger partial charge in [-0.25, -0.2) is 4.99 Å². The van der Waals surface area contributed by atoms with Gasteiger partial charge < -0.3 is 17.5 Å². The average Bonchev–Trinajstić information content (AvgIpc) is 2.45. The molecule has 0 aromatic heterocycles. The van der Waals surface area contributed by atoms with Crippen LogP contribution < -0.4 is 0 Å². The van der Waals surface area contributed by atoms with Crippen LogP contribution in [0.4, 0.5) is 5.69 Å². The van der Waals surface area contributed by atoms with Crippen molar-refractivity contribution in [2.75, 3.05) is 0 Å². The van der Waals surface area contributed by atoms with Gasteiger partial charge in [0.1, 0.15) is 5.91 Å². The Bertz CT molecular complexity index is 751. The van der Waals surface area contributed by atoms with Gasteiger partial charge in [0.2, 0.25) is 0 Å². The van der Waals surface area contributed by atoms with Crippen LogP contribution in [0.15, 0.2) is 47.5 Å². The van der Waals surface area contributed by atoms with Gasteiger partial charge in [-0.2, -0.15) is 0 Å². The van der Waals surface area contributed by atoms with Crippen LogP contribution in [0.25, 0.3) is 5.32 Å². The number of carbonyl (C=O) groups is 1. The molecule has 26 heavy (non-hydrogen) atoms. The SMILES string of the molecule is Cc1cc(C)c(N=C(C(=O)[N-]C(C)(C)C)c2ccccc2)c(C)c1.[CH3-].[Ni+2]. The molecular weight excluding hydrogens is 367 g/mol. The minimum Gasteiger partial charge on any atom is -0.643 e. The molecule has 0 spiro atoms. The minimum absolute atomic E-state index is 0. The van der Waals surface area contributed by atoms with Crippen LogP contribution in [0.3, 0.4) is 0 Å². The number of amides is 1. The van der Waals surface area contributed by atoms with Crippen molar-refractivity contribution in [2.24, 2.45) is 4.99 Å². The zero-order valence-electron chi connectivity index (χ0n) is 16.7. The molecule has 0 aliphatic heterocycles. The van der Waals surface area contributed by atoms with Crippen molar-refractivity contribution in [3.63, 3.8) is 0 Å². The van der Waals surface area contributed by atoms with E-state index in [1.807, 2.05) is 65.0 Å². The van der Waals surface area contributed by atoms with Gasteiger partial charge in [-0.15, -0.1) is 5.54 Å². The Labute approximate surface area is 168 Å². The molecule has 2 aromatic carbocycles. The van der Waals surface area contributed by atoms with E-state index in [1.165, 1.54) is 5.56 Å². The summed E-state index contributed by atoms with van der Waals surface area (Å²) in [5.74, 6) is -0.284. The number of aryl methyl sites for hydroxylation is 3. The third kappa shape index (κ3) is 6.42. The molecule has 0 saturated carbocycles. The van der Waals surface area contributed by atoms with Crippen LogP contribution in [0, 0.1) is 28.2 Å². The molecule has 0 aliphatic carbocycles. The van der Waals surface area contributed by atoms with E-state index in [1.54, 1.807) is 0 Å². The monoisotopic (exact) mass is 394 g/mol. The van der Waals surface area contributed by atoms with E-state index < -0.39 is 5.54 Å². The third-order valence-electron chi connectivity index (χ3n) is 3.55. The largest absolute Gasteiger partial charge is 2.00 e. The predicted molar refractivity (Wildman–Crippen MR) is 108 cm³/mol.